The van der Waals surface area contributed by atoms with Gasteiger partial charge in [0.2, 0.25) is 0 Å². The van der Waals surface area contributed by atoms with Crippen molar-refractivity contribution in [3.63, 3.8) is 0 Å². The van der Waals surface area contributed by atoms with Crippen LogP contribution in [0.3, 0.4) is 0 Å². The number of aromatic nitrogens is 3. The summed E-state index contributed by atoms with van der Waals surface area (Å²) >= 11 is 0. The Morgan fingerprint density at radius 2 is 1.88 bits per heavy atom. The number of nitrogens with zero attached hydrogens (tertiary/aromatic N) is 7. The van der Waals surface area contributed by atoms with Gasteiger partial charge in [-0.15, -0.1) is 10.2 Å². The fraction of sp³-hybridized carbons (Fsp3) is 0.688. The van der Waals surface area contributed by atoms with Gasteiger partial charge in [0.1, 0.15) is 17.9 Å². The number of likely N-dealkylation sites (tertiary alicyclic amines) is 1. The van der Waals surface area contributed by atoms with Crippen LogP contribution in [0.15, 0.2) is 24.5 Å². The summed E-state index contributed by atoms with van der Waals surface area (Å²) < 4.78 is 26.4. The number of methoxy groups -OCH3 is 1. The molecule has 3 heterocycles. The van der Waals surface area contributed by atoms with Gasteiger partial charge in [-0.2, -0.15) is 0 Å². The van der Waals surface area contributed by atoms with Crippen molar-refractivity contribution in [1.82, 2.24) is 29.9 Å². The molecule has 1 unspecified atom stereocenters. The number of amides is 1. The number of likely N-dealkylation sites (N-methyl/N-ethyl adjacent to an activating group) is 1. The number of anilines is 1. The number of carbonyl (C=O) groups is 1. The third-order valence-corrected chi connectivity index (χ3v) is 9.12. The first kappa shape index (κ1) is 33.0. The first-order chi connectivity index (χ1) is 20.5. The third kappa shape index (κ3) is 7.61. The molecule has 4 rings (SSSR count). The second-order valence-electron chi connectivity index (χ2n) is 12.9. The summed E-state index contributed by atoms with van der Waals surface area (Å²) in [6.45, 7) is 18.7. The number of benzene rings is 1. The Balaban J connectivity index is 1.47. The molecule has 2 aliphatic heterocycles. The molecular formula is C32H50FN7O3. The van der Waals surface area contributed by atoms with Gasteiger partial charge in [0, 0.05) is 63.9 Å². The number of ether oxygens (including phenoxy) is 2. The molecule has 10 nitrogen and oxygen atoms in total. The molecule has 0 radical (unpaired) electrons. The van der Waals surface area contributed by atoms with E-state index in [-0.39, 0.29) is 40.7 Å². The van der Waals surface area contributed by atoms with E-state index in [4.69, 9.17) is 9.47 Å². The number of hydrogen-bond donors (Lipinski definition) is 0. The van der Waals surface area contributed by atoms with Crippen molar-refractivity contribution >= 4 is 11.7 Å². The Labute approximate surface area is 256 Å². The summed E-state index contributed by atoms with van der Waals surface area (Å²) in [6.07, 6.45) is 3.68. The zero-order valence-electron chi connectivity index (χ0n) is 27.2. The molecule has 0 aliphatic carbocycles. The molecule has 1 amide bonds. The number of rotatable bonds is 14. The van der Waals surface area contributed by atoms with Crippen molar-refractivity contribution in [2.24, 2.45) is 11.3 Å². The molecular weight excluding hydrogens is 549 g/mol. The van der Waals surface area contributed by atoms with Crippen LogP contribution in [0.1, 0.15) is 64.7 Å². The Bertz CT molecular complexity index is 1220. The first-order valence-electron chi connectivity index (χ1n) is 15.7. The maximum absolute atomic E-state index is 14.3. The lowest BCUT2D eigenvalue weighted by Gasteiger charge is -2.53. The molecule has 2 aromatic rings. The number of hydrogen-bond acceptors (Lipinski definition) is 9. The normalized spacial score (nSPS) is 18.0. The van der Waals surface area contributed by atoms with Crippen molar-refractivity contribution in [2.75, 3.05) is 64.9 Å². The van der Waals surface area contributed by atoms with Crippen molar-refractivity contribution < 1.29 is 18.7 Å². The second kappa shape index (κ2) is 14.3. The average molecular weight is 600 g/mol. The lowest BCUT2D eigenvalue weighted by Crippen LogP contribution is -2.62. The van der Waals surface area contributed by atoms with Gasteiger partial charge in [0.25, 0.3) is 11.8 Å². The second-order valence-corrected chi connectivity index (χ2v) is 12.9. The minimum Gasteiger partial charge on any atom is -0.434 e. The van der Waals surface area contributed by atoms with E-state index in [1.807, 2.05) is 27.9 Å². The van der Waals surface area contributed by atoms with Crippen LogP contribution in [0.25, 0.3) is 0 Å². The topological polar surface area (TPSA) is 87.2 Å². The zero-order valence-corrected chi connectivity index (χ0v) is 27.2. The molecule has 1 spiro atoms. The summed E-state index contributed by atoms with van der Waals surface area (Å²) in [5, 5.41) is 8.21. The number of halogens is 1. The SMILES string of the molecule is CCN(C)C[C@@H](CC(C(C)C)N1CC2(CCN(c3ncnnc3Oc3ccc(F)cc3C(=O)N(CC)C(C)C)C2)C1)OC. The van der Waals surface area contributed by atoms with Crippen LogP contribution in [0, 0.1) is 17.2 Å². The summed E-state index contributed by atoms with van der Waals surface area (Å²) in [7, 11) is 3.96. The first-order valence-corrected chi connectivity index (χ1v) is 15.7. The Morgan fingerprint density at radius 1 is 1.14 bits per heavy atom. The van der Waals surface area contributed by atoms with Crippen molar-refractivity contribution in [3.8, 4) is 11.6 Å². The molecule has 43 heavy (non-hydrogen) atoms. The fourth-order valence-corrected chi connectivity index (χ4v) is 6.56. The Kier molecular flexibility index (Phi) is 10.9. The highest BCUT2D eigenvalue weighted by atomic mass is 19.1. The molecule has 1 aromatic carbocycles. The highest BCUT2D eigenvalue weighted by Crippen LogP contribution is 2.44. The smallest absolute Gasteiger partial charge is 0.282 e. The molecule has 2 fully saturated rings. The van der Waals surface area contributed by atoms with E-state index < -0.39 is 5.82 Å². The zero-order chi connectivity index (χ0) is 31.3. The van der Waals surface area contributed by atoms with Crippen LogP contribution in [0.2, 0.25) is 0 Å². The molecule has 0 saturated carbocycles. The van der Waals surface area contributed by atoms with E-state index in [2.05, 4.69) is 57.7 Å². The summed E-state index contributed by atoms with van der Waals surface area (Å²) in [4.78, 5) is 26.7. The van der Waals surface area contributed by atoms with Crippen LogP contribution in [-0.4, -0.2) is 114 Å². The van der Waals surface area contributed by atoms with Crippen LogP contribution in [0.4, 0.5) is 10.2 Å². The minimum absolute atomic E-state index is 0.0430. The predicted octanol–water partition coefficient (Wildman–Crippen LogP) is 4.57. The minimum atomic E-state index is -0.502. The third-order valence-electron chi connectivity index (χ3n) is 9.12. The van der Waals surface area contributed by atoms with Gasteiger partial charge in [-0.25, -0.2) is 9.37 Å². The van der Waals surface area contributed by atoms with E-state index >= 15 is 0 Å². The summed E-state index contributed by atoms with van der Waals surface area (Å²) in [5.41, 5.74) is 0.326. The van der Waals surface area contributed by atoms with Gasteiger partial charge in [-0.1, -0.05) is 20.8 Å². The highest BCUT2D eigenvalue weighted by molar-refractivity contribution is 5.97. The maximum atomic E-state index is 14.3. The molecule has 0 N–H and O–H groups in total. The molecule has 1 aromatic heterocycles. The molecule has 238 valence electrons. The molecule has 2 aliphatic rings. The summed E-state index contributed by atoms with van der Waals surface area (Å²) in [5.74, 6) is 0.768. The van der Waals surface area contributed by atoms with Crippen molar-refractivity contribution in [2.45, 2.75) is 72.6 Å². The van der Waals surface area contributed by atoms with Crippen LogP contribution in [0.5, 0.6) is 11.6 Å². The summed E-state index contributed by atoms with van der Waals surface area (Å²) in [6, 6.07) is 4.40. The van der Waals surface area contributed by atoms with Crippen LogP contribution in [-0.2, 0) is 4.74 Å². The van der Waals surface area contributed by atoms with Gasteiger partial charge >= 0.3 is 0 Å². The molecule has 2 saturated heterocycles. The Morgan fingerprint density at radius 3 is 2.51 bits per heavy atom. The van der Waals surface area contributed by atoms with Gasteiger partial charge in [0.05, 0.1) is 11.7 Å². The molecule has 11 heteroatoms. The standard InChI is InChI=1S/C32H50FN7O3/c1-9-37(7)17-25(42-8)16-27(22(3)4)39-19-32(20-39)13-14-38(18-32)29-30(36-35-21-34-29)43-28-12-11-24(33)15-26(28)31(41)40(10-2)23(5)6/h11-12,15,21-23,25,27H,9-10,13-14,16-20H2,1-8H3/t25-,27?/m1/s1. The van der Waals surface area contributed by atoms with Crippen molar-refractivity contribution in [3.05, 3.63) is 35.9 Å². The predicted molar refractivity (Wildman–Crippen MR) is 166 cm³/mol. The largest absolute Gasteiger partial charge is 0.434 e. The lowest BCUT2D eigenvalue weighted by molar-refractivity contribution is -0.0534. The van der Waals surface area contributed by atoms with Gasteiger partial charge in [-0.3, -0.25) is 9.69 Å². The van der Waals surface area contributed by atoms with Crippen LogP contribution >= 0.6 is 0 Å². The van der Waals surface area contributed by atoms with E-state index in [0.717, 1.165) is 52.1 Å². The average Bonchev–Trinajstić information content (AvgIpc) is 3.41. The fourth-order valence-electron chi connectivity index (χ4n) is 6.56. The van der Waals surface area contributed by atoms with Crippen LogP contribution < -0.4 is 9.64 Å². The van der Waals surface area contributed by atoms with E-state index in [9.17, 15) is 9.18 Å². The quantitative estimate of drug-likeness (QED) is 0.310. The lowest BCUT2D eigenvalue weighted by atomic mass is 9.76. The van der Waals surface area contributed by atoms with E-state index in [1.54, 1.807) is 4.90 Å². The van der Waals surface area contributed by atoms with Gasteiger partial charge < -0.3 is 24.2 Å². The van der Waals surface area contributed by atoms with Crippen molar-refractivity contribution in [1.29, 1.82) is 0 Å². The number of carbonyl (C=O) groups excluding carboxylic acids is 1. The van der Waals surface area contributed by atoms with Gasteiger partial charge in [0.15, 0.2) is 5.82 Å². The van der Waals surface area contributed by atoms with E-state index in [1.165, 1.54) is 24.5 Å². The maximum Gasteiger partial charge on any atom is 0.282 e. The molecule has 0 bridgehead atoms. The van der Waals surface area contributed by atoms with E-state index in [0.29, 0.717) is 24.3 Å². The monoisotopic (exact) mass is 599 g/mol. The Hall–Kier alpha value is -2.89. The highest BCUT2D eigenvalue weighted by Gasteiger charge is 2.50. The molecule has 2 atom stereocenters. The van der Waals surface area contributed by atoms with Gasteiger partial charge in [-0.05, 0) is 71.3 Å².